The van der Waals surface area contributed by atoms with E-state index in [2.05, 4.69) is 27.7 Å². The second-order valence-corrected chi connectivity index (χ2v) is 3.40. The van der Waals surface area contributed by atoms with E-state index in [1.165, 1.54) is 0 Å². The van der Waals surface area contributed by atoms with Gasteiger partial charge in [0, 0.05) is 0 Å². The zero-order valence-electron chi connectivity index (χ0n) is 6.06. The number of rotatable bonds is 0. The molecule has 0 saturated heterocycles. The van der Waals surface area contributed by atoms with Gasteiger partial charge in [0.05, 0.1) is 0 Å². The molecular formula is C7H15F. The lowest BCUT2D eigenvalue weighted by molar-refractivity contribution is 0.559. The maximum absolute atomic E-state index is 2.34. The highest BCUT2D eigenvalue weighted by molar-refractivity contribution is 4.99. The third-order valence-electron chi connectivity index (χ3n) is 2.99. The molecule has 1 fully saturated rings. The van der Waals surface area contributed by atoms with Crippen LogP contribution in [0.1, 0.15) is 27.7 Å². The van der Waals surface area contributed by atoms with E-state index in [-0.39, 0.29) is 4.70 Å². The zero-order chi connectivity index (χ0) is 5.65. The van der Waals surface area contributed by atoms with Crippen LogP contribution in [0.15, 0.2) is 0 Å². The van der Waals surface area contributed by atoms with Crippen LogP contribution in [0, 0.1) is 17.3 Å². The van der Waals surface area contributed by atoms with Crippen LogP contribution in [-0.2, 0) is 0 Å². The first-order valence-corrected chi connectivity index (χ1v) is 3.07. The van der Waals surface area contributed by atoms with Crippen molar-refractivity contribution in [3.8, 4) is 0 Å². The highest BCUT2D eigenvalue weighted by Crippen LogP contribution is 2.57. The Morgan fingerprint density at radius 1 is 1.00 bits per heavy atom. The smallest absolute Gasteiger partial charge is 0.0297 e. The molecule has 0 aliphatic heterocycles. The fourth-order valence-corrected chi connectivity index (χ4v) is 1.19. The molecule has 1 aliphatic rings. The Morgan fingerprint density at radius 2 is 1.12 bits per heavy atom. The van der Waals surface area contributed by atoms with E-state index in [4.69, 9.17) is 0 Å². The van der Waals surface area contributed by atoms with Gasteiger partial charge in [0.2, 0.25) is 0 Å². The van der Waals surface area contributed by atoms with Gasteiger partial charge in [-0.2, -0.15) is 0 Å². The van der Waals surface area contributed by atoms with E-state index in [0.717, 1.165) is 11.8 Å². The maximum atomic E-state index is 2.34. The van der Waals surface area contributed by atoms with Gasteiger partial charge < -0.3 is 0 Å². The van der Waals surface area contributed by atoms with Crippen LogP contribution >= 0.6 is 0 Å². The van der Waals surface area contributed by atoms with Gasteiger partial charge in [0.25, 0.3) is 0 Å². The molecule has 50 valence electrons. The Bertz CT molecular complexity index is 76.4. The quantitative estimate of drug-likeness (QED) is 0.458. The van der Waals surface area contributed by atoms with Gasteiger partial charge in [-0.05, 0) is 17.3 Å². The number of hydrogen-bond donors (Lipinski definition) is 0. The van der Waals surface area contributed by atoms with E-state index in [9.17, 15) is 0 Å². The van der Waals surface area contributed by atoms with Gasteiger partial charge >= 0.3 is 0 Å². The summed E-state index contributed by atoms with van der Waals surface area (Å²) in [6.45, 7) is 9.32. The van der Waals surface area contributed by atoms with Gasteiger partial charge in [0.1, 0.15) is 0 Å². The second kappa shape index (κ2) is 1.71. The van der Waals surface area contributed by atoms with Gasteiger partial charge in [-0.25, -0.2) is 0 Å². The summed E-state index contributed by atoms with van der Waals surface area (Å²) in [5, 5.41) is 0. The summed E-state index contributed by atoms with van der Waals surface area (Å²) in [5.74, 6) is 1.93. The minimum Gasteiger partial charge on any atom is -0.269 e. The fraction of sp³-hybridized carbons (Fsp3) is 1.00. The second-order valence-electron chi connectivity index (χ2n) is 3.40. The van der Waals surface area contributed by atoms with Gasteiger partial charge in [-0.3, -0.25) is 4.70 Å². The average molecular weight is 118 g/mol. The summed E-state index contributed by atoms with van der Waals surface area (Å²) in [6.07, 6.45) is 0. The molecule has 2 unspecified atom stereocenters. The van der Waals surface area contributed by atoms with Gasteiger partial charge in [-0.1, -0.05) is 27.7 Å². The monoisotopic (exact) mass is 118 g/mol. The summed E-state index contributed by atoms with van der Waals surface area (Å²) < 4.78 is 0. The highest BCUT2D eigenvalue weighted by atomic mass is 19.0. The lowest BCUT2D eigenvalue weighted by atomic mass is 10.1. The van der Waals surface area contributed by atoms with Gasteiger partial charge in [0.15, 0.2) is 0 Å². The van der Waals surface area contributed by atoms with Crippen molar-refractivity contribution in [2.75, 3.05) is 0 Å². The van der Waals surface area contributed by atoms with Gasteiger partial charge in [-0.15, -0.1) is 0 Å². The van der Waals surface area contributed by atoms with E-state index in [1.54, 1.807) is 0 Å². The summed E-state index contributed by atoms with van der Waals surface area (Å²) >= 11 is 0. The molecule has 1 rings (SSSR count). The van der Waals surface area contributed by atoms with Crippen molar-refractivity contribution in [1.29, 1.82) is 0 Å². The van der Waals surface area contributed by atoms with Crippen molar-refractivity contribution in [2.24, 2.45) is 17.3 Å². The summed E-state index contributed by atoms with van der Waals surface area (Å²) in [5.41, 5.74) is 0.667. The van der Waals surface area contributed by atoms with Crippen molar-refractivity contribution >= 4 is 0 Å². The van der Waals surface area contributed by atoms with Crippen LogP contribution in [0.5, 0.6) is 0 Å². The molecule has 0 aromatic rings. The van der Waals surface area contributed by atoms with E-state index in [0.29, 0.717) is 5.41 Å². The predicted molar refractivity (Wildman–Crippen MR) is 34.6 cm³/mol. The summed E-state index contributed by atoms with van der Waals surface area (Å²) in [6, 6.07) is 0. The lowest BCUT2D eigenvalue weighted by Crippen LogP contribution is -1.85. The SMILES string of the molecule is CC1C(C)C1(C)C.F. The lowest BCUT2D eigenvalue weighted by Gasteiger charge is -1.94. The Hall–Kier alpha value is -0.0700. The Kier molecular flexibility index (Phi) is 1.70. The third kappa shape index (κ3) is 0.743. The first-order chi connectivity index (χ1) is 3.07. The number of halogens is 1. The molecule has 0 nitrogen and oxygen atoms in total. The Balaban J connectivity index is 0.000000490. The maximum Gasteiger partial charge on any atom is -0.0297 e. The minimum atomic E-state index is 0. The van der Waals surface area contributed by atoms with Crippen LogP contribution in [0.2, 0.25) is 0 Å². The van der Waals surface area contributed by atoms with Crippen molar-refractivity contribution in [1.82, 2.24) is 0 Å². The van der Waals surface area contributed by atoms with Crippen LogP contribution in [-0.4, -0.2) is 0 Å². The molecule has 0 N–H and O–H groups in total. The highest BCUT2D eigenvalue weighted by Gasteiger charge is 2.50. The molecule has 1 aliphatic carbocycles. The summed E-state index contributed by atoms with van der Waals surface area (Å²) in [4.78, 5) is 0. The average Bonchev–Trinajstić information content (AvgIpc) is 1.91. The van der Waals surface area contributed by atoms with Crippen molar-refractivity contribution in [3.63, 3.8) is 0 Å². The van der Waals surface area contributed by atoms with Crippen LogP contribution in [0.4, 0.5) is 4.70 Å². The van der Waals surface area contributed by atoms with Crippen LogP contribution in [0.25, 0.3) is 0 Å². The first kappa shape index (κ1) is 7.93. The molecule has 0 heterocycles. The fourth-order valence-electron chi connectivity index (χ4n) is 1.19. The molecule has 0 bridgehead atoms. The minimum absolute atomic E-state index is 0. The van der Waals surface area contributed by atoms with Crippen molar-refractivity contribution < 1.29 is 4.70 Å². The Labute approximate surface area is 50.7 Å². The molecule has 0 spiro atoms. The first-order valence-electron chi connectivity index (χ1n) is 3.07. The number of hydrogen-bond acceptors (Lipinski definition) is 0. The molecule has 1 heteroatoms. The molecule has 0 radical (unpaired) electrons. The topological polar surface area (TPSA) is 0 Å². The largest absolute Gasteiger partial charge is 0.269 e. The van der Waals surface area contributed by atoms with Crippen molar-refractivity contribution in [3.05, 3.63) is 0 Å². The molecule has 8 heavy (non-hydrogen) atoms. The molecule has 0 amide bonds. The van der Waals surface area contributed by atoms with E-state index < -0.39 is 0 Å². The zero-order valence-corrected chi connectivity index (χ0v) is 6.06. The molecular weight excluding hydrogens is 103 g/mol. The predicted octanol–water partition coefficient (Wildman–Crippen LogP) is 2.45. The van der Waals surface area contributed by atoms with E-state index >= 15 is 0 Å². The van der Waals surface area contributed by atoms with Crippen LogP contribution < -0.4 is 0 Å². The third-order valence-corrected chi connectivity index (χ3v) is 2.99. The molecule has 0 aromatic heterocycles. The molecule has 1 saturated carbocycles. The molecule has 0 aromatic carbocycles. The van der Waals surface area contributed by atoms with Crippen LogP contribution in [0.3, 0.4) is 0 Å². The van der Waals surface area contributed by atoms with Crippen molar-refractivity contribution in [2.45, 2.75) is 27.7 Å². The van der Waals surface area contributed by atoms with E-state index in [1.807, 2.05) is 0 Å². The standard InChI is InChI=1S/C7H14.FH/c1-5-6(2)7(5,3)4;/h5-6H,1-4H3;1H. The summed E-state index contributed by atoms with van der Waals surface area (Å²) in [7, 11) is 0. The normalized spacial score (nSPS) is 40.5. The molecule has 2 atom stereocenters. The Morgan fingerprint density at radius 3 is 1.12 bits per heavy atom.